The number of thioether (sulfide) groups is 1. The Morgan fingerprint density at radius 2 is 1.94 bits per heavy atom. The second kappa shape index (κ2) is 10.7. The van der Waals surface area contributed by atoms with Crippen LogP contribution >= 0.6 is 23.4 Å². The minimum absolute atomic E-state index is 0.108. The van der Waals surface area contributed by atoms with Gasteiger partial charge in [-0.2, -0.15) is 0 Å². The molecule has 1 atom stereocenters. The number of ether oxygens (including phenoxy) is 1. The molecule has 3 rings (SSSR count). The number of hydrogen-bond acceptors (Lipinski definition) is 5. The van der Waals surface area contributed by atoms with E-state index in [1.54, 1.807) is 12.1 Å². The van der Waals surface area contributed by atoms with Gasteiger partial charge in [-0.15, -0.1) is 10.2 Å². The number of nitrogens with one attached hydrogen (secondary N) is 1. The lowest BCUT2D eigenvalue weighted by molar-refractivity contribution is -0.113. The zero-order chi connectivity index (χ0) is 22.4. The minimum atomic E-state index is -0.264. The van der Waals surface area contributed by atoms with Gasteiger partial charge in [0.15, 0.2) is 17.1 Å². The van der Waals surface area contributed by atoms with Gasteiger partial charge in [0.25, 0.3) is 0 Å². The Labute approximate surface area is 192 Å². The summed E-state index contributed by atoms with van der Waals surface area (Å²) in [5.74, 6) is 1.65. The minimum Gasteiger partial charge on any atom is -0.483 e. The van der Waals surface area contributed by atoms with Crippen molar-refractivity contribution in [2.24, 2.45) is 0 Å². The molecule has 1 amide bonds. The van der Waals surface area contributed by atoms with Crippen molar-refractivity contribution in [1.29, 1.82) is 0 Å². The number of benzene rings is 2. The number of amides is 1. The lowest BCUT2D eigenvalue weighted by atomic mass is 10.2. The van der Waals surface area contributed by atoms with E-state index in [1.165, 1.54) is 17.3 Å². The van der Waals surface area contributed by atoms with Crippen LogP contribution in [0, 0.1) is 6.92 Å². The predicted molar refractivity (Wildman–Crippen MR) is 126 cm³/mol. The fourth-order valence-corrected chi connectivity index (χ4v) is 4.19. The number of rotatable bonds is 9. The van der Waals surface area contributed by atoms with Gasteiger partial charge in [-0.1, -0.05) is 42.4 Å². The molecule has 0 aliphatic heterocycles. The van der Waals surface area contributed by atoms with Gasteiger partial charge in [-0.3, -0.25) is 4.79 Å². The maximum atomic E-state index is 12.4. The van der Waals surface area contributed by atoms with Crippen molar-refractivity contribution >= 4 is 35.0 Å². The van der Waals surface area contributed by atoms with Crippen LogP contribution in [-0.4, -0.2) is 26.4 Å². The number of anilines is 1. The Morgan fingerprint density at radius 1 is 1.19 bits per heavy atom. The van der Waals surface area contributed by atoms with Crippen LogP contribution < -0.4 is 10.1 Å². The Balaban J connectivity index is 1.62. The maximum Gasteiger partial charge on any atom is 0.234 e. The molecule has 1 aromatic heterocycles. The molecule has 164 valence electrons. The molecule has 8 heteroatoms. The first-order valence-corrected chi connectivity index (χ1v) is 11.6. The van der Waals surface area contributed by atoms with Crippen molar-refractivity contribution < 1.29 is 9.53 Å². The number of hydrogen-bond donors (Lipinski definition) is 1. The van der Waals surface area contributed by atoms with Crippen LogP contribution in [0.2, 0.25) is 5.02 Å². The lowest BCUT2D eigenvalue weighted by Gasteiger charge is -2.16. The fourth-order valence-electron chi connectivity index (χ4n) is 3.15. The van der Waals surface area contributed by atoms with Crippen molar-refractivity contribution in [2.45, 2.75) is 51.9 Å². The van der Waals surface area contributed by atoms with E-state index in [-0.39, 0.29) is 17.8 Å². The summed E-state index contributed by atoms with van der Waals surface area (Å²) in [7, 11) is 0. The highest BCUT2D eigenvalue weighted by Crippen LogP contribution is 2.25. The predicted octanol–water partition coefficient (Wildman–Crippen LogP) is 5.69. The van der Waals surface area contributed by atoms with Gasteiger partial charge in [0.2, 0.25) is 5.91 Å². The smallest absolute Gasteiger partial charge is 0.234 e. The summed E-state index contributed by atoms with van der Waals surface area (Å²) < 4.78 is 8.04. The lowest BCUT2D eigenvalue weighted by Crippen LogP contribution is -2.16. The number of carbonyl (C=O) groups excluding carboxylic acids is 1. The zero-order valence-electron chi connectivity index (χ0n) is 18.2. The quantitative estimate of drug-likeness (QED) is 0.417. The molecule has 0 saturated carbocycles. The summed E-state index contributed by atoms with van der Waals surface area (Å²) >= 11 is 7.33. The molecule has 0 spiro atoms. The molecule has 0 aliphatic carbocycles. The van der Waals surface area contributed by atoms with E-state index in [9.17, 15) is 4.79 Å². The molecule has 0 unspecified atom stereocenters. The highest BCUT2D eigenvalue weighted by Gasteiger charge is 2.19. The van der Waals surface area contributed by atoms with Crippen LogP contribution in [-0.2, 0) is 17.8 Å². The molecule has 0 saturated heterocycles. The Hall–Kier alpha value is -2.51. The third-order valence-corrected chi connectivity index (χ3v) is 6.07. The topological polar surface area (TPSA) is 69.0 Å². The van der Waals surface area contributed by atoms with Crippen molar-refractivity contribution in [3.63, 3.8) is 0 Å². The first kappa shape index (κ1) is 23.2. The highest BCUT2D eigenvalue weighted by atomic mass is 35.5. The summed E-state index contributed by atoms with van der Waals surface area (Å²) in [6, 6.07) is 13.5. The molecular formula is C23H27ClN4O2S. The standard InChI is InChI=1S/C23H27ClN4O2S/c1-5-17-7-10-19(11-8-17)30-16(4)22-26-27-23(28(22)6-2)31-14-21(29)25-20-12-9-18(24)13-15(20)3/h7-13,16H,5-6,14H2,1-4H3,(H,25,29)/t16-/m0/s1. The second-order valence-corrected chi connectivity index (χ2v) is 8.52. The van der Waals surface area contributed by atoms with E-state index >= 15 is 0 Å². The molecular weight excluding hydrogens is 432 g/mol. The van der Waals surface area contributed by atoms with Gasteiger partial charge in [0.1, 0.15) is 5.75 Å². The molecule has 1 heterocycles. The third-order valence-electron chi connectivity index (χ3n) is 4.86. The normalized spacial score (nSPS) is 11.9. The largest absolute Gasteiger partial charge is 0.483 e. The summed E-state index contributed by atoms with van der Waals surface area (Å²) in [6.45, 7) is 8.69. The molecule has 31 heavy (non-hydrogen) atoms. The van der Waals surface area contributed by atoms with Gasteiger partial charge in [0, 0.05) is 17.3 Å². The average molecular weight is 459 g/mol. The van der Waals surface area contributed by atoms with E-state index in [2.05, 4.69) is 34.6 Å². The Morgan fingerprint density at radius 3 is 2.58 bits per heavy atom. The van der Waals surface area contributed by atoms with Crippen LogP contribution in [0.25, 0.3) is 0 Å². The van der Waals surface area contributed by atoms with Crippen molar-refractivity contribution in [1.82, 2.24) is 14.8 Å². The van der Waals surface area contributed by atoms with Gasteiger partial charge < -0.3 is 14.6 Å². The number of aryl methyl sites for hydroxylation is 2. The third kappa shape index (κ3) is 6.02. The number of nitrogens with zero attached hydrogens (tertiary/aromatic N) is 3. The first-order chi connectivity index (χ1) is 14.9. The van der Waals surface area contributed by atoms with Gasteiger partial charge in [0.05, 0.1) is 5.75 Å². The van der Waals surface area contributed by atoms with Crippen molar-refractivity contribution in [3.8, 4) is 5.75 Å². The zero-order valence-corrected chi connectivity index (χ0v) is 19.8. The number of halogens is 1. The fraction of sp³-hybridized carbons (Fsp3) is 0.348. The Bertz CT molecular complexity index is 1040. The van der Waals surface area contributed by atoms with E-state index in [4.69, 9.17) is 16.3 Å². The molecule has 6 nitrogen and oxygen atoms in total. The van der Waals surface area contributed by atoms with Crippen LogP contribution in [0.1, 0.15) is 43.8 Å². The molecule has 3 aromatic rings. The van der Waals surface area contributed by atoms with Crippen molar-refractivity contribution in [3.05, 3.63) is 64.4 Å². The average Bonchev–Trinajstić information content (AvgIpc) is 3.18. The number of aromatic nitrogens is 3. The molecule has 0 aliphatic rings. The van der Waals surface area contributed by atoms with Crippen LogP contribution in [0.4, 0.5) is 5.69 Å². The van der Waals surface area contributed by atoms with Gasteiger partial charge in [-0.05, 0) is 68.7 Å². The number of carbonyl (C=O) groups is 1. The second-order valence-electron chi connectivity index (χ2n) is 7.14. The first-order valence-electron chi connectivity index (χ1n) is 10.3. The van der Waals surface area contributed by atoms with Crippen LogP contribution in [0.15, 0.2) is 47.6 Å². The summed E-state index contributed by atoms with van der Waals surface area (Å²) in [5.41, 5.74) is 2.94. The Kier molecular flexibility index (Phi) is 7.98. The van der Waals surface area contributed by atoms with Crippen molar-refractivity contribution in [2.75, 3.05) is 11.1 Å². The molecule has 0 fully saturated rings. The molecule has 0 radical (unpaired) electrons. The van der Waals surface area contributed by atoms with E-state index in [0.29, 0.717) is 16.7 Å². The van der Waals surface area contributed by atoms with E-state index < -0.39 is 0 Å². The SMILES string of the molecule is CCc1ccc(O[C@@H](C)c2nnc(SCC(=O)Nc3ccc(Cl)cc3C)n2CC)cc1. The van der Waals surface area contributed by atoms with E-state index in [0.717, 1.165) is 29.2 Å². The van der Waals surface area contributed by atoms with Crippen LogP contribution in [0.5, 0.6) is 5.75 Å². The summed E-state index contributed by atoms with van der Waals surface area (Å²) in [4.78, 5) is 12.4. The van der Waals surface area contributed by atoms with Crippen LogP contribution in [0.3, 0.4) is 0 Å². The van der Waals surface area contributed by atoms with Gasteiger partial charge in [-0.25, -0.2) is 0 Å². The maximum absolute atomic E-state index is 12.4. The highest BCUT2D eigenvalue weighted by molar-refractivity contribution is 7.99. The molecule has 0 bridgehead atoms. The molecule has 2 aromatic carbocycles. The van der Waals surface area contributed by atoms with Gasteiger partial charge >= 0.3 is 0 Å². The summed E-state index contributed by atoms with van der Waals surface area (Å²) in [5, 5.41) is 12.9. The molecule has 1 N–H and O–H groups in total. The van der Waals surface area contributed by atoms with E-state index in [1.807, 2.05) is 43.5 Å². The monoisotopic (exact) mass is 458 g/mol. The summed E-state index contributed by atoms with van der Waals surface area (Å²) in [6.07, 6.45) is 0.728.